The first-order valence-electron chi connectivity index (χ1n) is 13.7. The first kappa shape index (κ1) is 26.6. The molecule has 0 amide bonds. The summed E-state index contributed by atoms with van der Waals surface area (Å²) in [6.45, 7) is 6.50. The molecular weight excluding hydrogens is 522 g/mol. The van der Waals surface area contributed by atoms with Gasteiger partial charge in [-0.25, -0.2) is 9.97 Å². The second-order valence-electron chi connectivity index (χ2n) is 9.72. The van der Waals surface area contributed by atoms with Gasteiger partial charge in [-0.2, -0.15) is 4.52 Å². The van der Waals surface area contributed by atoms with Crippen molar-refractivity contribution in [3.63, 3.8) is 0 Å². The van der Waals surface area contributed by atoms with Gasteiger partial charge >= 0.3 is 0 Å². The lowest BCUT2D eigenvalue weighted by atomic mass is 10.1. The van der Waals surface area contributed by atoms with Crippen LogP contribution in [0.15, 0.2) is 77.4 Å². The zero-order valence-corrected chi connectivity index (χ0v) is 23.0. The Morgan fingerprint density at radius 2 is 1.68 bits per heavy atom. The molecule has 11 heteroatoms. The van der Waals surface area contributed by atoms with Gasteiger partial charge in [0.1, 0.15) is 24.7 Å². The van der Waals surface area contributed by atoms with E-state index in [1.165, 1.54) is 10.2 Å². The largest absolute Gasteiger partial charge is 0.492 e. The summed E-state index contributed by atoms with van der Waals surface area (Å²) in [6, 6.07) is 21.6. The van der Waals surface area contributed by atoms with Crippen molar-refractivity contribution in [2.24, 2.45) is 0 Å². The van der Waals surface area contributed by atoms with Crippen LogP contribution in [0.3, 0.4) is 0 Å². The topological polar surface area (TPSA) is 116 Å². The zero-order chi connectivity index (χ0) is 28.0. The summed E-state index contributed by atoms with van der Waals surface area (Å²) < 4.78 is 23.8. The highest BCUT2D eigenvalue weighted by Crippen LogP contribution is 2.26. The molecule has 212 valence electrons. The Hall–Kier alpha value is -4.61. The molecule has 1 aliphatic rings. The molecule has 4 heterocycles. The van der Waals surface area contributed by atoms with E-state index < -0.39 is 0 Å². The number of anilines is 2. The lowest BCUT2D eigenvalue weighted by Gasteiger charge is -2.36. The number of hydrogen-bond acceptors (Lipinski definition) is 10. The summed E-state index contributed by atoms with van der Waals surface area (Å²) >= 11 is 0. The number of aromatic nitrogens is 4. The quantitative estimate of drug-likeness (QED) is 0.241. The van der Waals surface area contributed by atoms with Crippen LogP contribution in [0.2, 0.25) is 0 Å². The number of hydrogen-bond donors (Lipinski definition) is 1. The van der Waals surface area contributed by atoms with Crippen molar-refractivity contribution in [1.82, 2.24) is 24.5 Å². The van der Waals surface area contributed by atoms with Gasteiger partial charge < -0.3 is 29.3 Å². The van der Waals surface area contributed by atoms with Crippen LogP contribution in [0.1, 0.15) is 0 Å². The second-order valence-corrected chi connectivity index (χ2v) is 9.72. The van der Waals surface area contributed by atoms with Crippen molar-refractivity contribution in [1.29, 1.82) is 0 Å². The van der Waals surface area contributed by atoms with E-state index in [-0.39, 0.29) is 5.95 Å². The average molecular weight is 556 g/mol. The van der Waals surface area contributed by atoms with Crippen molar-refractivity contribution in [3.8, 4) is 34.3 Å². The number of furan rings is 1. The lowest BCUT2D eigenvalue weighted by Crippen LogP contribution is -2.47. The molecule has 0 saturated carbocycles. The molecule has 6 rings (SSSR count). The third kappa shape index (κ3) is 6.26. The predicted molar refractivity (Wildman–Crippen MR) is 156 cm³/mol. The Bertz CT molecular complexity index is 1560. The van der Waals surface area contributed by atoms with Gasteiger partial charge in [0.15, 0.2) is 11.4 Å². The Morgan fingerprint density at radius 3 is 2.46 bits per heavy atom. The number of benzene rings is 2. The Kier molecular flexibility index (Phi) is 7.97. The summed E-state index contributed by atoms with van der Waals surface area (Å²) in [4.78, 5) is 13.9. The minimum atomic E-state index is 0.250. The van der Waals surface area contributed by atoms with E-state index in [0.717, 1.165) is 49.8 Å². The number of rotatable bonds is 11. The summed E-state index contributed by atoms with van der Waals surface area (Å²) in [5, 5.41) is 4.41. The van der Waals surface area contributed by atoms with E-state index in [0.29, 0.717) is 42.7 Å². The average Bonchev–Trinajstić information content (AvgIpc) is 3.69. The number of fused-ring (bicyclic) bond motifs is 1. The van der Waals surface area contributed by atoms with Gasteiger partial charge in [-0.05, 0) is 48.5 Å². The SMILES string of the molecule is COCCOc1ccc(N2CCN(CCOc3cccc(-c4cc5nc(-c6ccco6)nn5c(N)n4)c3)CC2)cc1. The first-order chi connectivity index (χ1) is 20.2. The molecule has 41 heavy (non-hydrogen) atoms. The van der Waals surface area contributed by atoms with Crippen LogP contribution in [0.4, 0.5) is 11.6 Å². The Labute approximate surface area is 238 Å². The Balaban J connectivity index is 1.01. The molecule has 0 spiro atoms. The van der Waals surface area contributed by atoms with E-state index in [9.17, 15) is 0 Å². The minimum absolute atomic E-state index is 0.250. The second kappa shape index (κ2) is 12.3. The van der Waals surface area contributed by atoms with Gasteiger partial charge in [0.25, 0.3) is 0 Å². The number of methoxy groups -OCH3 is 1. The van der Waals surface area contributed by atoms with Gasteiger partial charge in [-0.1, -0.05) is 12.1 Å². The van der Waals surface area contributed by atoms with Gasteiger partial charge in [0.05, 0.1) is 18.6 Å². The maximum absolute atomic E-state index is 6.21. The third-order valence-corrected chi connectivity index (χ3v) is 7.03. The molecule has 3 aromatic heterocycles. The van der Waals surface area contributed by atoms with Gasteiger partial charge in [-0.15, -0.1) is 5.10 Å². The highest BCUT2D eigenvalue weighted by atomic mass is 16.5. The number of nitrogen functional groups attached to an aromatic ring is 1. The van der Waals surface area contributed by atoms with Crippen molar-refractivity contribution < 1.29 is 18.6 Å². The fourth-order valence-electron chi connectivity index (χ4n) is 4.83. The van der Waals surface area contributed by atoms with Crippen molar-refractivity contribution >= 4 is 17.3 Å². The maximum atomic E-state index is 6.21. The smallest absolute Gasteiger partial charge is 0.223 e. The molecule has 0 aliphatic carbocycles. The molecule has 5 aromatic rings. The maximum Gasteiger partial charge on any atom is 0.223 e. The Morgan fingerprint density at radius 1 is 0.854 bits per heavy atom. The molecular formula is C30H33N7O4. The van der Waals surface area contributed by atoms with E-state index in [4.69, 9.17) is 24.4 Å². The van der Waals surface area contributed by atoms with Crippen LogP contribution in [0.25, 0.3) is 28.5 Å². The minimum Gasteiger partial charge on any atom is -0.492 e. The number of nitrogens with two attached hydrogens (primary N) is 1. The van der Waals surface area contributed by atoms with Crippen molar-refractivity contribution in [2.75, 3.05) is 70.3 Å². The predicted octanol–water partition coefficient (Wildman–Crippen LogP) is 3.86. The molecule has 0 unspecified atom stereocenters. The van der Waals surface area contributed by atoms with Gasteiger partial charge in [0.2, 0.25) is 11.8 Å². The molecule has 2 N–H and O–H groups in total. The van der Waals surface area contributed by atoms with Crippen LogP contribution in [0, 0.1) is 0 Å². The molecule has 2 aromatic carbocycles. The van der Waals surface area contributed by atoms with Crippen molar-refractivity contribution in [3.05, 3.63) is 73.0 Å². The molecule has 1 saturated heterocycles. The van der Waals surface area contributed by atoms with Crippen LogP contribution < -0.4 is 20.1 Å². The summed E-state index contributed by atoms with van der Waals surface area (Å²) in [5.41, 5.74) is 9.61. The van der Waals surface area contributed by atoms with E-state index in [1.807, 2.05) is 42.5 Å². The molecule has 1 aliphatic heterocycles. The number of ether oxygens (including phenoxy) is 3. The van der Waals surface area contributed by atoms with Crippen LogP contribution in [0.5, 0.6) is 11.5 Å². The molecule has 0 bridgehead atoms. The number of piperazine rings is 1. The standard InChI is InChI=1S/C30H33N7O4/c1-38-18-19-40-24-9-7-23(8-10-24)36-13-11-35(12-14-36)15-17-39-25-5-2-4-22(20-25)26-21-28-33-29(27-6-3-16-41-27)34-37(28)30(31)32-26/h2-10,16,20-21H,11-15,17-19H2,1H3,(H2,31,32). The lowest BCUT2D eigenvalue weighted by molar-refractivity contribution is 0.146. The highest BCUT2D eigenvalue weighted by Gasteiger charge is 2.18. The van der Waals surface area contributed by atoms with E-state index in [2.05, 4.69) is 37.0 Å². The number of nitrogens with zero attached hydrogens (tertiary/aromatic N) is 6. The fourth-order valence-corrected chi connectivity index (χ4v) is 4.83. The fraction of sp³-hybridized carbons (Fsp3) is 0.300. The normalized spacial score (nSPS) is 14.0. The monoisotopic (exact) mass is 555 g/mol. The van der Waals surface area contributed by atoms with Crippen LogP contribution in [-0.2, 0) is 4.74 Å². The van der Waals surface area contributed by atoms with Gasteiger partial charge in [0, 0.05) is 57.2 Å². The zero-order valence-electron chi connectivity index (χ0n) is 23.0. The third-order valence-electron chi connectivity index (χ3n) is 7.03. The highest BCUT2D eigenvalue weighted by molar-refractivity contribution is 5.67. The van der Waals surface area contributed by atoms with E-state index in [1.54, 1.807) is 25.5 Å². The first-order valence-corrected chi connectivity index (χ1v) is 13.7. The summed E-state index contributed by atoms with van der Waals surface area (Å²) in [6.07, 6.45) is 1.58. The van der Waals surface area contributed by atoms with E-state index >= 15 is 0 Å². The molecule has 11 nitrogen and oxygen atoms in total. The summed E-state index contributed by atoms with van der Waals surface area (Å²) in [7, 11) is 1.67. The van der Waals surface area contributed by atoms with Gasteiger partial charge in [-0.3, -0.25) is 4.90 Å². The molecule has 1 fully saturated rings. The molecule has 0 radical (unpaired) electrons. The summed E-state index contributed by atoms with van der Waals surface area (Å²) in [5.74, 6) is 2.93. The molecule has 0 atom stereocenters. The van der Waals surface area contributed by atoms with Crippen molar-refractivity contribution in [2.45, 2.75) is 0 Å². The van der Waals surface area contributed by atoms with Crippen LogP contribution >= 0.6 is 0 Å². The van der Waals surface area contributed by atoms with Crippen LogP contribution in [-0.4, -0.2) is 84.1 Å².